The molecule has 0 aliphatic rings. The molecule has 0 atom stereocenters. The van der Waals surface area contributed by atoms with Crippen molar-refractivity contribution in [2.45, 2.75) is 20.8 Å². The van der Waals surface area contributed by atoms with Crippen molar-refractivity contribution in [1.29, 1.82) is 0 Å². The van der Waals surface area contributed by atoms with Crippen LogP contribution in [0.4, 0.5) is 0 Å². The predicted molar refractivity (Wildman–Crippen MR) is 59.1 cm³/mol. The second-order valence-electron chi connectivity index (χ2n) is 3.38. The number of hydrogen-bond acceptors (Lipinski definition) is 3. The van der Waals surface area contributed by atoms with Gasteiger partial charge in [-0.2, -0.15) is 0 Å². The van der Waals surface area contributed by atoms with Gasteiger partial charge >= 0.3 is 0 Å². The molecule has 0 aliphatic heterocycles. The maximum atomic E-state index is 11.3. The third-order valence-corrected chi connectivity index (χ3v) is 2.95. The fourth-order valence-electron chi connectivity index (χ4n) is 1.64. The van der Waals surface area contributed by atoms with Crippen molar-refractivity contribution in [3.05, 3.63) is 21.7 Å². The Hall–Kier alpha value is -1.22. The quantitative estimate of drug-likeness (QED) is 0.792. The highest BCUT2D eigenvalue weighted by atomic mass is 35.5. The monoisotopic (exact) mass is 228 g/mol. The number of Topliss-reactive ketones (excluding diaryl/α,β-unsaturated/α-hetero) is 1. The van der Waals surface area contributed by atoms with E-state index in [9.17, 15) is 9.90 Å². The number of phenolic OH excluding ortho intramolecular Hbond substituents is 1. The maximum Gasteiger partial charge on any atom is 0.169 e. The lowest BCUT2D eigenvalue weighted by molar-refractivity contribution is 0.101. The Balaban J connectivity index is 3.68. The average molecular weight is 229 g/mol. The first-order valence-corrected chi connectivity index (χ1v) is 4.86. The molecule has 15 heavy (non-hydrogen) atoms. The predicted octanol–water partition coefficient (Wildman–Crippen LogP) is 2.87. The van der Waals surface area contributed by atoms with Gasteiger partial charge in [0.15, 0.2) is 17.3 Å². The molecule has 1 aromatic rings. The Morgan fingerprint density at radius 1 is 1.33 bits per heavy atom. The summed E-state index contributed by atoms with van der Waals surface area (Å²) in [4.78, 5) is 11.3. The lowest BCUT2D eigenvalue weighted by Gasteiger charge is -2.15. The third-order valence-electron chi connectivity index (χ3n) is 2.38. The lowest BCUT2D eigenvalue weighted by Crippen LogP contribution is -2.02. The largest absolute Gasteiger partial charge is 0.504 e. The van der Waals surface area contributed by atoms with Crippen LogP contribution in [0.25, 0.3) is 0 Å². The van der Waals surface area contributed by atoms with Crippen molar-refractivity contribution in [3.63, 3.8) is 0 Å². The van der Waals surface area contributed by atoms with Gasteiger partial charge in [0.25, 0.3) is 0 Å². The van der Waals surface area contributed by atoms with E-state index in [0.717, 1.165) is 0 Å². The number of ether oxygens (including phenoxy) is 1. The zero-order chi connectivity index (χ0) is 11.7. The zero-order valence-electron chi connectivity index (χ0n) is 9.14. The standard InChI is InChI=1S/C11H13ClO3/c1-5-8(7(3)13)10(14)11(15-4)6(2)9(5)12/h14H,1-4H3. The molecular weight excluding hydrogens is 216 g/mol. The summed E-state index contributed by atoms with van der Waals surface area (Å²) < 4.78 is 5.02. The zero-order valence-corrected chi connectivity index (χ0v) is 9.90. The van der Waals surface area contributed by atoms with Crippen LogP contribution < -0.4 is 4.74 Å². The Labute approximate surface area is 93.6 Å². The summed E-state index contributed by atoms with van der Waals surface area (Å²) in [5.74, 6) is -0.106. The van der Waals surface area contributed by atoms with Crippen LogP contribution in [0.3, 0.4) is 0 Å². The topological polar surface area (TPSA) is 46.5 Å². The molecule has 0 spiro atoms. The molecule has 0 fully saturated rings. The molecule has 1 rings (SSSR count). The van der Waals surface area contributed by atoms with E-state index in [1.54, 1.807) is 13.8 Å². The van der Waals surface area contributed by atoms with Crippen molar-refractivity contribution in [2.75, 3.05) is 7.11 Å². The van der Waals surface area contributed by atoms with Crippen molar-refractivity contribution < 1.29 is 14.6 Å². The summed E-state index contributed by atoms with van der Waals surface area (Å²) in [7, 11) is 1.43. The van der Waals surface area contributed by atoms with E-state index in [4.69, 9.17) is 16.3 Å². The Morgan fingerprint density at radius 3 is 2.27 bits per heavy atom. The first-order chi connectivity index (χ1) is 6.91. The summed E-state index contributed by atoms with van der Waals surface area (Å²) in [6.07, 6.45) is 0. The molecule has 1 N–H and O–H groups in total. The molecule has 0 aromatic heterocycles. The number of benzene rings is 1. The molecule has 0 bridgehead atoms. The van der Waals surface area contributed by atoms with Gasteiger partial charge in [-0.1, -0.05) is 11.6 Å². The van der Waals surface area contributed by atoms with Gasteiger partial charge in [-0.3, -0.25) is 4.79 Å². The summed E-state index contributed by atoms with van der Waals surface area (Å²) in [6.45, 7) is 4.82. The van der Waals surface area contributed by atoms with Crippen molar-refractivity contribution >= 4 is 17.4 Å². The first kappa shape index (κ1) is 11.9. The van der Waals surface area contributed by atoms with Gasteiger partial charge < -0.3 is 9.84 Å². The fraction of sp³-hybridized carbons (Fsp3) is 0.364. The number of carbonyl (C=O) groups excluding carboxylic acids is 1. The minimum atomic E-state index is -0.231. The maximum absolute atomic E-state index is 11.3. The smallest absolute Gasteiger partial charge is 0.169 e. The fourth-order valence-corrected chi connectivity index (χ4v) is 1.82. The van der Waals surface area contributed by atoms with Crippen molar-refractivity contribution in [3.8, 4) is 11.5 Å². The minimum absolute atomic E-state index is 0.135. The van der Waals surface area contributed by atoms with Crippen LogP contribution in [0.15, 0.2) is 0 Å². The van der Waals surface area contributed by atoms with E-state index in [2.05, 4.69) is 0 Å². The normalized spacial score (nSPS) is 10.2. The molecule has 0 heterocycles. The van der Waals surface area contributed by atoms with Gasteiger partial charge in [0.2, 0.25) is 0 Å². The summed E-state index contributed by atoms with van der Waals surface area (Å²) >= 11 is 6.04. The summed E-state index contributed by atoms with van der Waals surface area (Å²) in [6, 6.07) is 0. The number of carbonyl (C=O) groups is 1. The lowest BCUT2D eigenvalue weighted by atomic mass is 10.00. The number of aromatic hydroxyl groups is 1. The second-order valence-corrected chi connectivity index (χ2v) is 3.75. The van der Waals surface area contributed by atoms with E-state index in [0.29, 0.717) is 16.1 Å². The minimum Gasteiger partial charge on any atom is -0.504 e. The average Bonchev–Trinajstić information content (AvgIpc) is 2.15. The molecule has 4 heteroatoms. The van der Waals surface area contributed by atoms with Crippen LogP contribution >= 0.6 is 11.6 Å². The number of ketones is 1. The summed E-state index contributed by atoms with van der Waals surface area (Å²) in [5.41, 5.74) is 1.45. The number of phenols is 1. The molecule has 82 valence electrons. The van der Waals surface area contributed by atoms with Crippen LogP contribution in [0.5, 0.6) is 11.5 Å². The molecule has 0 unspecified atom stereocenters. The van der Waals surface area contributed by atoms with E-state index < -0.39 is 0 Å². The second kappa shape index (κ2) is 4.11. The van der Waals surface area contributed by atoms with Gasteiger partial charge in [-0.15, -0.1) is 0 Å². The van der Waals surface area contributed by atoms with Crippen molar-refractivity contribution in [1.82, 2.24) is 0 Å². The Morgan fingerprint density at radius 2 is 1.87 bits per heavy atom. The molecule has 0 aliphatic carbocycles. The van der Waals surface area contributed by atoms with Crippen LogP contribution in [-0.4, -0.2) is 18.0 Å². The molecular formula is C11H13ClO3. The van der Waals surface area contributed by atoms with Gasteiger partial charge in [0.05, 0.1) is 17.7 Å². The SMILES string of the molecule is COc1c(C)c(Cl)c(C)c(C(C)=O)c1O. The highest BCUT2D eigenvalue weighted by Gasteiger charge is 2.21. The number of rotatable bonds is 2. The third kappa shape index (κ3) is 1.79. The highest BCUT2D eigenvalue weighted by Crippen LogP contribution is 2.41. The van der Waals surface area contributed by atoms with Gasteiger partial charge in [-0.25, -0.2) is 0 Å². The molecule has 1 aromatic carbocycles. The van der Waals surface area contributed by atoms with E-state index in [1.165, 1.54) is 14.0 Å². The van der Waals surface area contributed by atoms with Crippen LogP contribution in [0.2, 0.25) is 5.02 Å². The van der Waals surface area contributed by atoms with Crippen LogP contribution in [0, 0.1) is 13.8 Å². The van der Waals surface area contributed by atoms with Crippen LogP contribution in [0.1, 0.15) is 28.4 Å². The molecule has 0 saturated heterocycles. The Kier molecular flexibility index (Phi) is 3.25. The number of methoxy groups -OCH3 is 1. The molecule has 0 saturated carbocycles. The van der Waals surface area contributed by atoms with Gasteiger partial charge in [0, 0.05) is 5.56 Å². The van der Waals surface area contributed by atoms with Crippen molar-refractivity contribution in [2.24, 2.45) is 0 Å². The van der Waals surface area contributed by atoms with E-state index in [1.807, 2.05) is 0 Å². The van der Waals surface area contributed by atoms with E-state index >= 15 is 0 Å². The van der Waals surface area contributed by atoms with Gasteiger partial charge in [0.1, 0.15) is 0 Å². The summed E-state index contributed by atoms with van der Waals surface area (Å²) in [5, 5.41) is 10.3. The molecule has 0 amide bonds. The highest BCUT2D eigenvalue weighted by molar-refractivity contribution is 6.33. The van der Waals surface area contributed by atoms with Gasteiger partial charge in [-0.05, 0) is 26.3 Å². The van der Waals surface area contributed by atoms with E-state index in [-0.39, 0.29) is 22.8 Å². The van der Waals surface area contributed by atoms with Crippen LogP contribution in [-0.2, 0) is 0 Å². The number of halogens is 1. The molecule has 0 radical (unpaired) electrons. The number of hydrogen-bond donors (Lipinski definition) is 1. The Bertz CT molecular complexity index is 425. The first-order valence-electron chi connectivity index (χ1n) is 4.48. The molecule has 3 nitrogen and oxygen atoms in total.